The maximum atomic E-state index is 12.5. The van der Waals surface area contributed by atoms with Crippen molar-refractivity contribution < 1.29 is 18.7 Å². The van der Waals surface area contributed by atoms with Crippen LogP contribution in [-0.2, 0) is 16.0 Å². The van der Waals surface area contributed by atoms with Crippen molar-refractivity contribution in [1.29, 1.82) is 0 Å². The highest BCUT2D eigenvalue weighted by Crippen LogP contribution is 2.38. The number of carbonyl (C=O) groups is 1. The summed E-state index contributed by atoms with van der Waals surface area (Å²) in [4.78, 5) is 24.2. The van der Waals surface area contributed by atoms with E-state index >= 15 is 0 Å². The maximum Gasteiger partial charge on any atom is 0.336 e. The van der Waals surface area contributed by atoms with Gasteiger partial charge in [0.2, 0.25) is 0 Å². The second kappa shape index (κ2) is 10.8. The number of carbonyl (C=O) groups excluding carboxylic acids is 1. The number of fused-ring (bicyclic) bond motifs is 3. The van der Waals surface area contributed by atoms with Crippen molar-refractivity contribution in [2.45, 2.75) is 103 Å². The zero-order valence-corrected chi connectivity index (χ0v) is 19.2. The third-order valence-corrected chi connectivity index (χ3v) is 6.15. The number of benzene rings is 1. The maximum absolute atomic E-state index is 12.5. The fourth-order valence-electron chi connectivity index (χ4n) is 4.22. The summed E-state index contributed by atoms with van der Waals surface area (Å²) in [5.74, 6) is 0.493. The molecule has 1 aliphatic heterocycles. The third kappa shape index (κ3) is 6.34. The van der Waals surface area contributed by atoms with E-state index in [1.54, 1.807) is 6.07 Å². The van der Waals surface area contributed by atoms with E-state index in [-0.39, 0.29) is 5.97 Å². The van der Waals surface area contributed by atoms with Gasteiger partial charge in [-0.15, -0.1) is 0 Å². The predicted molar refractivity (Wildman–Crippen MR) is 123 cm³/mol. The average Bonchev–Trinajstić information content (AvgIpc) is 2.73. The summed E-state index contributed by atoms with van der Waals surface area (Å²) >= 11 is 0. The molecule has 0 saturated carbocycles. The lowest BCUT2D eigenvalue weighted by Crippen LogP contribution is -2.48. The van der Waals surface area contributed by atoms with E-state index in [0.717, 1.165) is 23.8 Å². The molecule has 3 rings (SSSR count). The van der Waals surface area contributed by atoms with Gasteiger partial charge in [-0.25, -0.2) is 4.79 Å². The zero-order chi connectivity index (χ0) is 22.3. The van der Waals surface area contributed by atoms with E-state index in [1.165, 1.54) is 51.0 Å². The number of hydrogen-bond donors (Lipinski definition) is 0. The van der Waals surface area contributed by atoms with Crippen LogP contribution in [0.25, 0.3) is 11.0 Å². The second-order valence-corrected chi connectivity index (χ2v) is 9.18. The first-order valence-electron chi connectivity index (χ1n) is 11.8. The van der Waals surface area contributed by atoms with E-state index in [9.17, 15) is 9.59 Å². The molecule has 5 heteroatoms. The van der Waals surface area contributed by atoms with Crippen molar-refractivity contribution in [2.75, 3.05) is 0 Å². The molecule has 2 heterocycles. The highest BCUT2D eigenvalue weighted by atomic mass is 16.6. The van der Waals surface area contributed by atoms with Gasteiger partial charge in [-0.2, -0.15) is 0 Å². The number of unbranched alkanes of at least 4 members (excludes halogenated alkanes) is 8. The fraction of sp³-hybridized carbons (Fsp3) is 0.615. The lowest BCUT2D eigenvalue weighted by molar-refractivity contribution is -0.161. The Morgan fingerprint density at radius 3 is 2.35 bits per heavy atom. The van der Waals surface area contributed by atoms with Gasteiger partial charge in [0.05, 0.1) is 0 Å². The Labute approximate surface area is 185 Å². The van der Waals surface area contributed by atoms with Crippen LogP contribution in [0.2, 0.25) is 0 Å². The summed E-state index contributed by atoms with van der Waals surface area (Å²) in [6, 6.07) is 6.92. The molecule has 0 aliphatic carbocycles. The molecule has 31 heavy (non-hydrogen) atoms. The molecule has 0 unspecified atom stereocenters. The van der Waals surface area contributed by atoms with Crippen LogP contribution >= 0.6 is 0 Å². The van der Waals surface area contributed by atoms with E-state index in [0.29, 0.717) is 24.2 Å². The van der Waals surface area contributed by atoms with Gasteiger partial charge in [-0.1, -0.05) is 58.3 Å². The Morgan fingerprint density at radius 1 is 1.00 bits per heavy atom. The van der Waals surface area contributed by atoms with Crippen molar-refractivity contribution in [2.24, 2.45) is 0 Å². The number of rotatable bonds is 11. The summed E-state index contributed by atoms with van der Waals surface area (Å²) < 4.78 is 17.4. The molecule has 170 valence electrons. The lowest BCUT2D eigenvalue weighted by atomic mass is 9.90. The Balaban J connectivity index is 1.51. The summed E-state index contributed by atoms with van der Waals surface area (Å²) in [5.41, 5.74) is 0.254. The van der Waals surface area contributed by atoms with Gasteiger partial charge >= 0.3 is 11.6 Å². The normalized spacial score (nSPS) is 17.2. The van der Waals surface area contributed by atoms with Gasteiger partial charge in [0.15, 0.2) is 0 Å². The minimum Gasteiger partial charge on any atom is -0.484 e. The SMILES string of the molecule is CCCCCCCCCCCC(=O)O[C@@H]1Cc2c(ccc3ccc(=O)oc23)OC1(C)C. The number of ether oxygens (including phenoxy) is 2. The van der Waals surface area contributed by atoms with Gasteiger partial charge in [-0.3, -0.25) is 4.79 Å². The van der Waals surface area contributed by atoms with Crippen molar-refractivity contribution >= 4 is 16.9 Å². The standard InChI is InChI=1S/C26H36O5/c1-4-5-6-7-8-9-10-11-12-13-23(27)29-22-18-20-21(31-26(22,2)3)16-14-19-15-17-24(28)30-25(19)20/h14-17,22H,4-13,18H2,1-3H3/t22-/m1/s1. The molecular weight excluding hydrogens is 392 g/mol. The molecule has 5 nitrogen and oxygen atoms in total. The molecule has 0 saturated heterocycles. The highest BCUT2D eigenvalue weighted by Gasteiger charge is 2.40. The molecule has 1 aromatic carbocycles. The largest absolute Gasteiger partial charge is 0.484 e. The first kappa shape index (κ1) is 23.4. The third-order valence-electron chi connectivity index (χ3n) is 6.15. The van der Waals surface area contributed by atoms with Crippen molar-refractivity contribution in [3.63, 3.8) is 0 Å². The molecule has 2 aromatic rings. The molecule has 0 N–H and O–H groups in total. The summed E-state index contributed by atoms with van der Waals surface area (Å²) in [7, 11) is 0. The summed E-state index contributed by atoms with van der Waals surface area (Å²) in [6.07, 6.45) is 11.4. The van der Waals surface area contributed by atoms with Crippen LogP contribution in [0.4, 0.5) is 0 Å². The van der Waals surface area contributed by atoms with Crippen LogP contribution in [-0.4, -0.2) is 17.7 Å². The van der Waals surface area contributed by atoms with Crippen LogP contribution in [0.3, 0.4) is 0 Å². The van der Waals surface area contributed by atoms with Crippen LogP contribution in [0.5, 0.6) is 5.75 Å². The molecule has 0 bridgehead atoms. The predicted octanol–water partition coefficient (Wildman–Crippen LogP) is 6.34. The lowest BCUT2D eigenvalue weighted by Gasteiger charge is -2.39. The smallest absolute Gasteiger partial charge is 0.336 e. The van der Waals surface area contributed by atoms with E-state index in [2.05, 4.69) is 6.92 Å². The topological polar surface area (TPSA) is 65.7 Å². The molecule has 1 atom stereocenters. The second-order valence-electron chi connectivity index (χ2n) is 9.18. The molecule has 0 amide bonds. The first-order chi connectivity index (χ1) is 14.9. The van der Waals surface area contributed by atoms with Gasteiger partial charge in [0.25, 0.3) is 0 Å². The van der Waals surface area contributed by atoms with Gasteiger partial charge in [0.1, 0.15) is 23.0 Å². The van der Waals surface area contributed by atoms with E-state index < -0.39 is 17.3 Å². The van der Waals surface area contributed by atoms with Crippen molar-refractivity contribution in [1.82, 2.24) is 0 Å². The van der Waals surface area contributed by atoms with Crippen LogP contribution < -0.4 is 10.4 Å². The monoisotopic (exact) mass is 428 g/mol. The Morgan fingerprint density at radius 2 is 1.65 bits per heavy atom. The number of hydrogen-bond acceptors (Lipinski definition) is 5. The minimum atomic E-state index is -0.649. The van der Waals surface area contributed by atoms with E-state index in [4.69, 9.17) is 13.9 Å². The van der Waals surface area contributed by atoms with Crippen LogP contribution in [0.15, 0.2) is 33.5 Å². The first-order valence-corrected chi connectivity index (χ1v) is 11.8. The highest BCUT2D eigenvalue weighted by molar-refractivity contribution is 5.82. The van der Waals surface area contributed by atoms with Crippen LogP contribution in [0.1, 0.15) is 90.5 Å². The summed E-state index contributed by atoms with van der Waals surface area (Å²) in [5, 5.41) is 0.835. The van der Waals surface area contributed by atoms with Crippen molar-refractivity contribution in [3.05, 3.63) is 40.2 Å². The average molecular weight is 429 g/mol. The summed E-state index contributed by atoms with van der Waals surface area (Å²) in [6.45, 7) is 6.09. The molecule has 0 fully saturated rings. The number of esters is 1. The Bertz CT molecular complexity index is 927. The Kier molecular flexibility index (Phi) is 8.16. The molecule has 0 radical (unpaired) electrons. The minimum absolute atomic E-state index is 0.185. The fourth-order valence-corrected chi connectivity index (χ4v) is 4.22. The molecule has 1 aliphatic rings. The van der Waals surface area contributed by atoms with Gasteiger partial charge < -0.3 is 13.9 Å². The van der Waals surface area contributed by atoms with E-state index in [1.807, 2.05) is 26.0 Å². The van der Waals surface area contributed by atoms with Gasteiger partial charge in [-0.05, 0) is 38.5 Å². The molecule has 0 spiro atoms. The molecular formula is C26H36O5. The Hall–Kier alpha value is -2.30. The van der Waals surface area contributed by atoms with Crippen LogP contribution in [0, 0.1) is 0 Å². The quantitative estimate of drug-likeness (QED) is 0.237. The van der Waals surface area contributed by atoms with Crippen molar-refractivity contribution in [3.8, 4) is 5.75 Å². The van der Waals surface area contributed by atoms with Gasteiger partial charge in [0, 0.05) is 29.9 Å². The molecule has 1 aromatic heterocycles. The zero-order valence-electron chi connectivity index (χ0n) is 19.2.